The summed E-state index contributed by atoms with van der Waals surface area (Å²) in [4.78, 5) is 30.7. The van der Waals surface area contributed by atoms with Crippen LogP contribution in [0.25, 0.3) is 0 Å². The van der Waals surface area contributed by atoms with Gasteiger partial charge in [-0.2, -0.15) is 5.10 Å². The van der Waals surface area contributed by atoms with E-state index in [4.69, 9.17) is 10.5 Å². The van der Waals surface area contributed by atoms with Gasteiger partial charge in [0.15, 0.2) is 5.84 Å². The lowest BCUT2D eigenvalue weighted by atomic mass is 10.0. The van der Waals surface area contributed by atoms with Crippen LogP contribution in [0.2, 0.25) is 0 Å². The molecule has 1 aromatic carbocycles. The molecule has 0 aromatic heterocycles. The Hall–Kier alpha value is -3.42. The summed E-state index contributed by atoms with van der Waals surface area (Å²) in [5.74, 6) is -0.0248. The molecule has 2 N–H and O–H groups in total. The Balaban J connectivity index is 1.68. The molecule has 0 radical (unpaired) electrons. The zero-order valence-electron chi connectivity index (χ0n) is 14.9. The van der Waals surface area contributed by atoms with Crippen molar-refractivity contribution in [3.8, 4) is 0 Å². The Morgan fingerprint density at radius 1 is 1.26 bits per heavy atom. The van der Waals surface area contributed by atoms with Crippen molar-refractivity contribution >= 4 is 23.5 Å². The normalized spacial score (nSPS) is 18.6. The van der Waals surface area contributed by atoms with Gasteiger partial charge in [-0.25, -0.2) is 9.79 Å². The van der Waals surface area contributed by atoms with Gasteiger partial charge in [-0.1, -0.05) is 30.4 Å². The van der Waals surface area contributed by atoms with Gasteiger partial charge in [0.25, 0.3) is 5.91 Å². The number of nitrogens with two attached hydrogens (primary N) is 1. The molecule has 1 amide bonds. The summed E-state index contributed by atoms with van der Waals surface area (Å²) in [7, 11) is 1.34. The SMILES string of the molecule is COC(=O)c1ccccc1CN1CC(=O)N2C3=CCCC=C3N=C(N)C2=N1. The van der Waals surface area contributed by atoms with Gasteiger partial charge in [0, 0.05) is 0 Å². The van der Waals surface area contributed by atoms with Crippen molar-refractivity contribution in [2.45, 2.75) is 19.4 Å². The number of fused-ring (bicyclic) bond motifs is 3. The molecule has 1 aromatic rings. The van der Waals surface area contributed by atoms with Crippen molar-refractivity contribution in [2.75, 3.05) is 13.7 Å². The van der Waals surface area contributed by atoms with Crippen molar-refractivity contribution in [1.82, 2.24) is 9.91 Å². The van der Waals surface area contributed by atoms with Gasteiger partial charge in [-0.15, -0.1) is 0 Å². The van der Waals surface area contributed by atoms with Crippen molar-refractivity contribution < 1.29 is 14.3 Å². The van der Waals surface area contributed by atoms with Crippen LogP contribution < -0.4 is 5.73 Å². The molecule has 2 heterocycles. The summed E-state index contributed by atoms with van der Waals surface area (Å²) in [6, 6.07) is 7.09. The van der Waals surface area contributed by atoms with Gasteiger partial charge in [0.05, 0.1) is 30.6 Å². The summed E-state index contributed by atoms with van der Waals surface area (Å²) < 4.78 is 4.83. The van der Waals surface area contributed by atoms with Crippen LogP contribution in [0.1, 0.15) is 28.8 Å². The van der Waals surface area contributed by atoms with E-state index in [0.717, 1.165) is 29.8 Å². The summed E-state index contributed by atoms with van der Waals surface area (Å²) in [5.41, 5.74) is 8.70. The molecule has 0 fully saturated rings. The number of allylic oxidation sites excluding steroid dienone is 2. The molecule has 138 valence electrons. The van der Waals surface area contributed by atoms with Crippen LogP contribution >= 0.6 is 0 Å². The van der Waals surface area contributed by atoms with E-state index in [-0.39, 0.29) is 24.8 Å². The molecule has 27 heavy (non-hydrogen) atoms. The summed E-state index contributed by atoms with van der Waals surface area (Å²) >= 11 is 0. The predicted molar refractivity (Wildman–Crippen MR) is 99.5 cm³/mol. The number of hydrogen-bond acceptors (Lipinski definition) is 7. The first-order valence-corrected chi connectivity index (χ1v) is 8.66. The zero-order valence-corrected chi connectivity index (χ0v) is 14.9. The molecular formula is C19H19N5O3. The molecule has 0 saturated heterocycles. The fraction of sp³-hybridized carbons (Fsp3) is 0.263. The van der Waals surface area contributed by atoms with Crippen LogP contribution in [0.3, 0.4) is 0 Å². The van der Waals surface area contributed by atoms with E-state index in [0.29, 0.717) is 11.4 Å². The molecule has 8 heteroatoms. The lowest BCUT2D eigenvalue weighted by molar-refractivity contribution is -0.128. The number of methoxy groups -OCH3 is 1. The Morgan fingerprint density at radius 2 is 2.04 bits per heavy atom. The number of carbonyl (C=O) groups excluding carboxylic acids is 2. The highest BCUT2D eigenvalue weighted by Crippen LogP contribution is 2.29. The lowest BCUT2D eigenvalue weighted by Crippen LogP contribution is -2.54. The van der Waals surface area contributed by atoms with Crippen molar-refractivity contribution in [3.63, 3.8) is 0 Å². The Labute approximate surface area is 156 Å². The molecule has 2 aliphatic heterocycles. The Kier molecular flexibility index (Phi) is 4.23. The highest BCUT2D eigenvalue weighted by atomic mass is 16.5. The monoisotopic (exact) mass is 365 g/mol. The molecule has 0 unspecified atom stereocenters. The fourth-order valence-corrected chi connectivity index (χ4v) is 3.37. The lowest BCUT2D eigenvalue weighted by Gasteiger charge is -2.37. The van der Waals surface area contributed by atoms with Crippen LogP contribution in [0.15, 0.2) is 57.9 Å². The van der Waals surface area contributed by atoms with E-state index in [1.807, 2.05) is 24.3 Å². The second kappa shape index (κ2) is 6.71. The molecule has 1 aliphatic carbocycles. The smallest absolute Gasteiger partial charge is 0.338 e. The number of amides is 1. The summed E-state index contributed by atoms with van der Waals surface area (Å²) in [6.45, 7) is 0.361. The zero-order chi connectivity index (χ0) is 19.0. The minimum Gasteiger partial charge on any atom is -0.465 e. The van der Waals surface area contributed by atoms with Gasteiger partial charge in [0.2, 0.25) is 5.84 Å². The minimum absolute atomic E-state index is 0.0803. The molecule has 0 saturated carbocycles. The highest BCUT2D eigenvalue weighted by molar-refractivity contribution is 6.44. The van der Waals surface area contributed by atoms with E-state index >= 15 is 0 Å². The molecular weight excluding hydrogens is 346 g/mol. The molecule has 4 rings (SSSR count). The van der Waals surface area contributed by atoms with Crippen LogP contribution in [-0.2, 0) is 16.1 Å². The number of hydrazone groups is 1. The van der Waals surface area contributed by atoms with E-state index in [9.17, 15) is 9.59 Å². The van der Waals surface area contributed by atoms with Gasteiger partial charge >= 0.3 is 5.97 Å². The number of ether oxygens (including phenoxy) is 1. The number of benzene rings is 1. The van der Waals surface area contributed by atoms with Crippen LogP contribution in [-0.4, -0.2) is 47.1 Å². The third kappa shape index (κ3) is 2.99. The number of rotatable bonds is 3. The largest absolute Gasteiger partial charge is 0.465 e. The first-order valence-electron chi connectivity index (χ1n) is 8.66. The topological polar surface area (TPSA) is 101 Å². The summed E-state index contributed by atoms with van der Waals surface area (Å²) in [5, 5.41) is 6.12. The second-order valence-electron chi connectivity index (χ2n) is 6.38. The quantitative estimate of drug-likeness (QED) is 0.815. The maximum Gasteiger partial charge on any atom is 0.338 e. The van der Waals surface area contributed by atoms with Gasteiger partial charge in [0.1, 0.15) is 6.54 Å². The second-order valence-corrected chi connectivity index (χ2v) is 6.38. The van der Waals surface area contributed by atoms with E-state index in [2.05, 4.69) is 10.1 Å². The molecule has 0 spiro atoms. The molecule has 3 aliphatic rings. The van der Waals surface area contributed by atoms with Gasteiger partial charge in [-0.05, 0) is 24.5 Å². The molecule has 8 nitrogen and oxygen atoms in total. The van der Waals surface area contributed by atoms with Crippen LogP contribution in [0, 0.1) is 0 Å². The standard InChI is InChI=1S/C19H19N5O3/c1-27-19(26)13-7-3-2-6-12(13)10-23-11-16(25)24-15-9-5-4-8-14(15)21-17(20)18(24)22-23/h2-3,6-9H,4-5,10-11H2,1H3,(H2,20,21). The minimum atomic E-state index is -0.427. The van der Waals surface area contributed by atoms with E-state index in [1.54, 1.807) is 17.1 Å². The number of hydrogen-bond donors (Lipinski definition) is 1. The number of aliphatic imine (C=N–C) groups is 1. The third-order valence-electron chi connectivity index (χ3n) is 4.61. The summed E-state index contributed by atoms with van der Waals surface area (Å²) in [6.07, 6.45) is 5.69. The van der Waals surface area contributed by atoms with Crippen LogP contribution in [0.4, 0.5) is 0 Å². The van der Waals surface area contributed by atoms with E-state index in [1.165, 1.54) is 12.0 Å². The Morgan fingerprint density at radius 3 is 2.85 bits per heavy atom. The number of nitrogens with zero attached hydrogens (tertiary/aromatic N) is 4. The highest BCUT2D eigenvalue weighted by Gasteiger charge is 2.37. The average molecular weight is 365 g/mol. The van der Waals surface area contributed by atoms with Crippen molar-refractivity contribution in [3.05, 3.63) is 58.9 Å². The van der Waals surface area contributed by atoms with Crippen molar-refractivity contribution in [1.29, 1.82) is 0 Å². The average Bonchev–Trinajstić information content (AvgIpc) is 2.68. The maximum atomic E-state index is 12.8. The molecule has 0 bridgehead atoms. The van der Waals surface area contributed by atoms with E-state index < -0.39 is 5.97 Å². The fourth-order valence-electron chi connectivity index (χ4n) is 3.37. The maximum absolute atomic E-state index is 12.8. The number of carbonyl (C=O) groups is 2. The molecule has 0 atom stereocenters. The predicted octanol–water partition coefficient (Wildman–Crippen LogP) is 1.36. The van der Waals surface area contributed by atoms with Gasteiger partial charge in [-0.3, -0.25) is 14.7 Å². The Bertz CT molecular complexity index is 944. The third-order valence-corrected chi connectivity index (χ3v) is 4.61. The van der Waals surface area contributed by atoms with Gasteiger partial charge < -0.3 is 10.5 Å². The first-order chi connectivity index (χ1) is 13.1. The number of amidine groups is 2. The van der Waals surface area contributed by atoms with Crippen LogP contribution in [0.5, 0.6) is 0 Å². The first kappa shape index (κ1) is 17.0. The number of esters is 1. The van der Waals surface area contributed by atoms with Crippen molar-refractivity contribution in [2.24, 2.45) is 15.8 Å².